The molecule has 1 aromatic heterocycles. The van der Waals surface area contributed by atoms with E-state index in [-0.39, 0.29) is 22.4 Å². The third-order valence-corrected chi connectivity index (χ3v) is 5.80. The number of benzene rings is 2. The average Bonchev–Trinajstić information content (AvgIpc) is 2.73. The lowest BCUT2D eigenvalue weighted by molar-refractivity contribution is 0.215. The van der Waals surface area contributed by atoms with Crippen molar-refractivity contribution in [1.82, 2.24) is 15.1 Å². The van der Waals surface area contributed by atoms with E-state index in [9.17, 15) is 9.18 Å². The first-order valence-corrected chi connectivity index (χ1v) is 9.93. The summed E-state index contributed by atoms with van der Waals surface area (Å²) in [6.07, 6.45) is 1.61. The van der Waals surface area contributed by atoms with Crippen molar-refractivity contribution in [2.75, 3.05) is 24.5 Å². The van der Waals surface area contributed by atoms with Gasteiger partial charge in [0.1, 0.15) is 10.8 Å². The van der Waals surface area contributed by atoms with Crippen LogP contribution in [-0.2, 0) is 6.54 Å². The number of piperazine rings is 1. The molecule has 2 heterocycles. The fourth-order valence-electron chi connectivity index (χ4n) is 3.88. The van der Waals surface area contributed by atoms with Crippen molar-refractivity contribution >= 4 is 17.3 Å². The van der Waals surface area contributed by atoms with Crippen molar-refractivity contribution in [2.45, 2.75) is 19.5 Å². The molecule has 0 spiro atoms. The largest absolute Gasteiger partial charge is 0.359 e. The van der Waals surface area contributed by atoms with Gasteiger partial charge >= 0.3 is 0 Å². The third-order valence-electron chi connectivity index (χ3n) is 5.43. The highest BCUT2D eigenvalue weighted by Crippen LogP contribution is 2.33. The Morgan fingerprint density at radius 3 is 2.76 bits per heavy atom. The second-order valence-electron chi connectivity index (χ2n) is 7.32. The number of hydrogen-bond acceptors (Lipinski definition) is 4. The maximum Gasteiger partial charge on any atom is 0.285 e. The Morgan fingerprint density at radius 1 is 1.21 bits per heavy atom. The second kappa shape index (κ2) is 8.35. The predicted molar refractivity (Wildman–Crippen MR) is 113 cm³/mol. The molecular formula is C22H22ClFN4O. The molecule has 7 heteroatoms. The zero-order valence-electron chi connectivity index (χ0n) is 16.1. The van der Waals surface area contributed by atoms with E-state index < -0.39 is 0 Å². The second-order valence-corrected chi connectivity index (χ2v) is 7.70. The van der Waals surface area contributed by atoms with Crippen molar-refractivity contribution in [3.05, 3.63) is 92.6 Å². The summed E-state index contributed by atoms with van der Waals surface area (Å²) < 4.78 is 13.5. The van der Waals surface area contributed by atoms with Gasteiger partial charge in [-0.15, -0.1) is 0 Å². The highest BCUT2D eigenvalue weighted by atomic mass is 35.5. The molecule has 29 heavy (non-hydrogen) atoms. The number of nitrogens with one attached hydrogen (secondary N) is 1. The SMILES string of the molecule is Cc1cc(F)ccc1CN1CCN(c2cn[nH]c(=O)c2Cl)[C@H](c2ccccc2)C1. The Balaban J connectivity index is 1.64. The summed E-state index contributed by atoms with van der Waals surface area (Å²) in [4.78, 5) is 16.5. The van der Waals surface area contributed by atoms with Crippen LogP contribution in [0.15, 0.2) is 59.5 Å². The molecule has 1 saturated heterocycles. The maximum atomic E-state index is 13.5. The number of aromatic amines is 1. The van der Waals surface area contributed by atoms with Gasteiger partial charge in [-0.2, -0.15) is 5.10 Å². The Labute approximate surface area is 173 Å². The van der Waals surface area contributed by atoms with E-state index in [0.717, 1.165) is 36.3 Å². The van der Waals surface area contributed by atoms with Crippen LogP contribution in [0.1, 0.15) is 22.7 Å². The van der Waals surface area contributed by atoms with E-state index in [1.165, 1.54) is 6.07 Å². The summed E-state index contributed by atoms with van der Waals surface area (Å²) in [5.41, 5.74) is 3.46. The highest BCUT2D eigenvalue weighted by molar-refractivity contribution is 6.33. The van der Waals surface area contributed by atoms with Gasteiger partial charge in [0.25, 0.3) is 5.56 Å². The topological polar surface area (TPSA) is 52.2 Å². The molecule has 0 unspecified atom stereocenters. The van der Waals surface area contributed by atoms with E-state index in [2.05, 4.69) is 32.1 Å². The minimum atomic E-state index is -0.389. The minimum absolute atomic E-state index is 0.0202. The number of aromatic nitrogens is 2. The van der Waals surface area contributed by atoms with Crippen molar-refractivity contribution in [1.29, 1.82) is 0 Å². The molecule has 2 aromatic carbocycles. The van der Waals surface area contributed by atoms with Crippen LogP contribution in [0.4, 0.5) is 10.1 Å². The van der Waals surface area contributed by atoms with Crippen LogP contribution in [0.3, 0.4) is 0 Å². The molecule has 1 fully saturated rings. The van der Waals surface area contributed by atoms with Crippen molar-refractivity contribution in [3.8, 4) is 0 Å². The zero-order valence-corrected chi connectivity index (χ0v) is 16.9. The molecule has 1 atom stereocenters. The fourth-order valence-corrected chi connectivity index (χ4v) is 4.08. The van der Waals surface area contributed by atoms with Crippen LogP contribution < -0.4 is 10.5 Å². The maximum absolute atomic E-state index is 13.5. The van der Waals surface area contributed by atoms with Gasteiger partial charge in [-0.05, 0) is 35.7 Å². The van der Waals surface area contributed by atoms with Crippen molar-refractivity contribution in [3.63, 3.8) is 0 Å². The van der Waals surface area contributed by atoms with Gasteiger partial charge in [-0.1, -0.05) is 48.0 Å². The molecule has 1 aliphatic rings. The van der Waals surface area contributed by atoms with Crippen LogP contribution in [0, 0.1) is 12.7 Å². The smallest absolute Gasteiger partial charge is 0.285 e. The molecule has 1 aliphatic heterocycles. The molecule has 4 rings (SSSR count). The Hall–Kier alpha value is -2.70. The Bertz CT molecular complexity index is 1060. The minimum Gasteiger partial charge on any atom is -0.359 e. The van der Waals surface area contributed by atoms with Crippen molar-refractivity contribution in [2.24, 2.45) is 0 Å². The third kappa shape index (κ3) is 4.18. The molecule has 0 radical (unpaired) electrons. The molecule has 150 valence electrons. The number of rotatable bonds is 4. The van der Waals surface area contributed by atoms with E-state index in [1.54, 1.807) is 12.3 Å². The molecular weight excluding hydrogens is 391 g/mol. The molecule has 5 nitrogen and oxygen atoms in total. The van der Waals surface area contributed by atoms with Gasteiger partial charge in [0.15, 0.2) is 0 Å². The van der Waals surface area contributed by atoms with E-state index in [4.69, 9.17) is 11.6 Å². The summed E-state index contributed by atoms with van der Waals surface area (Å²) >= 11 is 6.31. The molecule has 0 amide bonds. The van der Waals surface area contributed by atoms with Gasteiger partial charge in [0.05, 0.1) is 17.9 Å². The summed E-state index contributed by atoms with van der Waals surface area (Å²) in [7, 11) is 0. The van der Waals surface area contributed by atoms with Crippen LogP contribution >= 0.6 is 11.6 Å². The summed E-state index contributed by atoms with van der Waals surface area (Å²) in [6.45, 7) is 4.92. The lowest BCUT2D eigenvalue weighted by atomic mass is 10.0. The van der Waals surface area contributed by atoms with Gasteiger partial charge in [-0.3, -0.25) is 9.69 Å². The molecule has 0 saturated carbocycles. The van der Waals surface area contributed by atoms with Crippen molar-refractivity contribution < 1.29 is 4.39 Å². The van der Waals surface area contributed by atoms with Crippen LogP contribution in [0.2, 0.25) is 5.02 Å². The summed E-state index contributed by atoms with van der Waals surface area (Å²) in [5.74, 6) is -0.213. The van der Waals surface area contributed by atoms with E-state index in [1.807, 2.05) is 31.2 Å². The molecule has 1 N–H and O–H groups in total. The summed E-state index contributed by atoms with van der Waals surface area (Å²) in [5, 5.41) is 6.48. The monoisotopic (exact) mass is 412 g/mol. The number of hydrogen-bond donors (Lipinski definition) is 1. The number of nitrogens with zero attached hydrogens (tertiary/aromatic N) is 3. The molecule has 0 aliphatic carbocycles. The van der Waals surface area contributed by atoms with E-state index >= 15 is 0 Å². The van der Waals surface area contributed by atoms with Gasteiger partial charge in [0.2, 0.25) is 0 Å². The Morgan fingerprint density at radius 2 is 2.00 bits per heavy atom. The zero-order chi connectivity index (χ0) is 20.4. The number of aryl methyl sites for hydroxylation is 1. The predicted octanol–water partition coefficient (Wildman–Crippen LogP) is 3.93. The van der Waals surface area contributed by atoms with E-state index in [0.29, 0.717) is 12.2 Å². The first kappa shape index (κ1) is 19.6. The molecule has 0 bridgehead atoms. The number of halogens is 2. The normalized spacial score (nSPS) is 17.5. The average molecular weight is 413 g/mol. The Kier molecular flexibility index (Phi) is 5.65. The van der Waals surface area contributed by atoms with Crippen LogP contribution in [-0.4, -0.2) is 34.7 Å². The lowest BCUT2D eigenvalue weighted by Crippen LogP contribution is -2.48. The van der Waals surface area contributed by atoms with Gasteiger partial charge < -0.3 is 4.90 Å². The standard InChI is InChI=1S/C22H22ClFN4O/c1-15-11-18(24)8-7-17(15)13-27-9-10-28(19-12-25-26-22(29)21(19)23)20(14-27)16-5-3-2-4-6-16/h2-8,11-12,20H,9-10,13-14H2,1H3,(H,26,29)/t20-/m0/s1. The summed E-state index contributed by atoms with van der Waals surface area (Å²) in [6, 6.07) is 15.1. The lowest BCUT2D eigenvalue weighted by Gasteiger charge is -2.43. The highest BCUT2D eigenvalue weighted by Gasteiger charge is 2.30. The quantitative estimate of drug-likeness (QED) is 0.705. The first-order valence-electron chi connectivity index (χ1n) is 9.55. The van der Waals surface area contributed by atoms with Gasteiger partial charge in [0, 0.05) is 26.2 Å². The number of anilines is 1. The van der Waals surface area contributed by atoms with Gasteiger partial charge in [-0.25, -0.2) is 9.49 Å². The number of H-pyrrole nitrogens is 1. The first-order chi connectivity index (χ1) is 14.0. The van der Waals surface area contributed by atoms with Crippen LogP contribution in [0.25, 0.3) is 0 Å². The van der Waals surface area contributed by atoms with Crippen LogP contribution in [0.5, 0.6) is 0 Å². The molecule has 3 aromatic rings. The fraction of sp³-hybridized carbons (Fsp3) is 0.273.